The zero-order valence-electron chi connectivity index (χ0n) is 7.63. The van der Waals surface area contributed by atoms with E-state index < -0.39 is 0 Å². The molecular formula is C6H12N6S2. The summed E-state index contributed by atoms with van der Waals surface area (Å²) >= 11 is 9.13. The Morgan fingerprint density at radius 2 is 1.79 bits per heavy atom. The maximum Gasteiger partial charge on any atom is 0.184 e. The molecule has 7 N–H and O–H groups in total. The van der Waals surface area contributed by atoms with Crippen molar-refractivity contribution in [2.24, 2.45) is 16.6 Å². The van der Waals surface area contributed by atoms with Gasteiger partial charge in [0.25, 0.3) is 0 Å². The van der Waals surface area contributed by atoms with Gasteiger partial charge in [-0.2, -0.15) is 5.10 Å². The van der Waals surface area contributed by atoms with Crippen LogP contribution in [0, 0.1) is 0 Å². The molecule has 8 heteroatoms. The standard InChI is InChI=1S/C6H12N6S2/c1-3(9-11-5(7)13)4(2)10-12-6(8)14/h9H,1H2,2H3,(H3,7,11,13)(H3,8,12,14)/b10-4+. The highest BCUT2D eigenvalue weighted by Gasteiger charge is 1.97. The van der Waals surface area contributed by atoms with Gasteiger partial charge < -0.3 is 11.5 Å². The summed E-state index contributed by atoms with van der Waals surface area (Å²) in [6, 6.07) is 0. The van der Waals surface area contributed by atoms with Crippen LogP contribution in [0.2, 0.25) is 0 Å². The number of allylic oxidation sites excluding steroid dienone is 1. The van der Waals surface area contributed by atoms with Crippen molar-refractivity contribution < 1.29 is 0 Å². The van der Waals surface area contributed by atoms with E-state index >= 15 is 0 Å². The molecule has 0 rings (SSSR count). The number of rotatable bonds is 4. The molecule has 0 aromatic carbocycles. The van der Waals surface area contributed by atoms with Crippen molar-refractivity contribution in [3.8, 4) is 0 Å². The van der Waals surface area contributed by atoms with E-state index in [1.165, 1.54) is 0 Å². The molecule has 78 valence electrons. The van der Waals surface area contributed by atoms with Gasteiger partial charge >= 0.3 is 0 Å². The molecule has 0 spiro atoms. The van der Waals surface area contributed by atoms with Gasteiger partial charge in [0.2, 0.25) is 0 Å². The Morgan fingerprint density at radius 3 is 2.21 bits per heavy atom. The third kappa shape index (κ3) is 6.14. The largest absolute Gasteiger partial charge is 0.375 e. The summed E-state index contributed by atoms with van der Waals surface area (Å²) in [7, 11) is 0. The normalized spacial score (nSPS) is 10.2. The molecule has 6 nitrogen and oxygen atoms in total. The maximum absolute atomic E-state index is 5.18. The van der Waals surface area contributed by atoms with Crippen LogP contribution in [0.5, 0.6) is 0 Å². The lowest BCUT2D eigenvalue weighted by Gasteiger charge is -2.09. The third-order valence-electron chi connectivity index (χ3n) is 1.11. The van der Waals surface area contributed by atoms with Crippen molar-refractivity contribution in [3.05, 3.63) is 12.3 Å². The van der Waals surface area contributed by atoms with Gasteiger partial charge in [-0.05, 0) is 31.4 Å². The Morgan fingerprint density at radius 1 is 1.21 bits per heavy atom. The van der Waals surface area contributed by atoms with E-state index in [0.29, 0.717) is 11.4 Å². The van der Waals surface area contributed by atoms with E-state index in [4.69, 9.17) is 11.5 Å². The molecule has 0 aromatic heterocycles. The lowest BCUT2D eigenvalue weighted by Crippen LogP contribution is -2.41. The molecule has 0 saturated carbocycles. The Hall–Kier alpha value is -1.41. The second kappa shape index (κ2) is 6.11. The molecule has 0 unspecified atom stereocenters. The average Bonchev–Trinajstić information content (AvgIpc) is 2.09. The van der Waals surface area contributed by atoms with Crippen LogP contribution in [-0.4, -0.2) is 15.9 Å². The van der Waals surface area contributed by atoms with E-state index in [-0.39, 0.29) is 10.2 Å². The zero-order chi connectivity index (χ0) is 11.1. The fourth-order valence-electron chi connectivity index (χ4n) is 0.434. The molecule has 0 aromatic rings. The first-order valence-corrected chi connectivity index (χ1v) is 4.35. The average molecular weight is 232 g/mol. The molecule has 0 heterocycles. The lowest BCUT2D eigenvalue weighted by atomic mass is 10.3. The molecule has 0 bridgehead atoms. The molecule has 0 saturated heterocycles. The van der Waals surface area contributed by atoms with Gasteiger partial charge in [0.1, 0.15) is 0 Å². The number of hydrazine groups is 1. The van der Waals surface area contributed by atoms with Gasteiger partial charge in [0.15, 0.2) is 10.2 Å². The van der Waals surface area contributed by atoms with E-state index in [2.05, 4.69) is 52.4 Å². The lowest BCUT2D eigenvalue weighted by molar-refractivity contribution is 0.797. The monoisotopic (exact) mass is 232 g/mol. The van der Waals surface area contributed by atoms with Crippen molar-refractivity contribution in [1.82, 2.24) is 16.3 Å². The molecular weight excluding hydrogens is 220 g/mol. The number of hydrogen-bond acceptors (Lipinski definition) is 4. The van der Waals surface area contributed by atoms with Crippen LogP contribution in [0.15, 0.2) is 17.4 Å². The van der Waals surface area contributed by atoms with Crippen LogP contribution in [0.25, 0.3) is 0 Å². The number of hydrogen-bond donors (Lipinski definition) is 5. The summed E-state index contributed by atoms with van der Waals surface area (Å²) in [6.45, 7) is 5.37. The summed E-state index contributed by atoms with van der Waals surface area (Å²) in [6.07, 6.45) is 0. The fourth-order valence-corrected chi connectivity index (χ4v) is 0.531. The van der Waals surface area contributed by atoms with E-state index in [0.717, 1.165) is 0 Å². The molecule has 0 radical (unpaired) electrons. The first kappa shape index (κ1) is 12.6. The number of nitrogens with zero attached hydrogens (tertiary/aromatic N) is 1. The van der Waals surface area contributed by atoms with Crippen LogP contribution in [0.4, 0.5) is 0 Å². The highest BCUT2D eigenvalue weighted by molar-refractivity contribution is 7.80. The van der Waals surface area contributed by atoms with Crippen molar-refractivity contribution in [1.29, 1.82) is 0 Å². The Labute approximate surface area is 92.8 Å². The van der Waals surface area contributed by atoms with Gasteiger partial charge in [0.05, 0.1) is 11.4 Å². The van der Waals surface area contributed by atoms with Gasteiger partial charge in [-0.15, -0.1) is 0 Å². The summed E-state index contributed by atoms with van der Waals surface area (Å²) in [4.78, 5) is 0. The second-order valence-electron chi connectivity index (χ2n) is 2.27. The summed E-state index contributed by atoms with van der Waals surface area (Å²) in [5.74, 6) is 0. The zero-order valence-corrected chi connectivity index (χ0v) is 9.26. The predicted molar refractivity (Wildman–Crippen MR) is 65.2 cm³/mol. The van der Waals surface area contributed by atoms with E-state index in [9.17, 15) is 0 Å². The highest BCUT2D eigenvalue weighted by atomic mass is 32.1. The molecule has 0 fully saturated rings. The molecule has 0 aliphatic heterocycles. The molecule has 0 aliphatic rings. The van der Waals surface area contributed by atoms with Gasteiger partial charge in [-0.25, -0.2) is 0 Å². The van der Waals surface area contributed by atoms with Crippen molar-refractivity contribution in [3.63, 3.8) is 0 Å². The van der Waals surface area contributed by atoms with Crippen molar-refractivity contribution in [2.75, 3.05) is 0 Å². The minimum absolute atomic E-state index is 0.0828. The number of thiocarbonyl (C=S) groups is 2. The summed E-state index contributed by atoms with van der Waals surface area (Å²) in [5.41, 5.74) is 19.0. The number of hydrazone groups is 1. The molecule has 14 heavy (non-hydrogen) atoms. The second-order valence-corrected chi connectivity index (χ2v) is 3.15. The molecule has 0 atom stereocenters. The third-order valence-corrected chi connectivity index (χ3v) is 1.30. The number of nitrogens with one attached hydrogen (secondary N) is 3. The maximum atomic E-state index is 5.18. The Bertz CT molecular complexity index is 284. The predicted octanol–water partition coefficient (Wildman–Crippen LogP) is -0.953. The fraction of sp³-hybridized carbons (Fsp3) is 0.167. The summed E-state index contributed by atoms with van der Waals surface area (Å²) < 4.78 is 0. The minimum Gasteiger partial charge on any atom is -0.375 e. The molecule has 0 aliphatic carbocycles. The first-order chi connectivity index (χ1) is 6.43. The van der Waals surface area contributed by atoms with Crippen molar-refractivity contribution in [2.45, 2.75) is 6.92 Å². The topological polar surface area (TPSA) is 100 Å². The summed E-state index contributed by atoms with van der Waals surface area (Å²) in [5, 5.41) is 4.01. The van der Waals surface area contributed by atoms with E-state index in [1.807, 2.05) is 0 Å². The SMILES string of the molecule is C=C(NNC(N)=S)/C(C)=N/NC(N)=S. The Kier molecular flexibility index (Phi) is 5.49. The quantitative estimate of drug-likeness (QED) is 0.242. The van der Waals surface area contributed by atoms with Crippen molar-refractivity contribution >= 4 is 40.4 Å². The first-order valence-electron chi connectivity index (χ1n) is 3.54. The molecule has 0 amide bonds. The van der Waals surface area contributed by atoms with Gasteiger partial charge in [0, 0.05) is 0 Å². The van der Waals surface area contributed by atoms with Crippen LogP contribution in [0.3, 0.4) is 0 Å². The van der Waals surface area contributed by atoms with Crippen LogP contribution in [-0.2, 0) is 0 Å². The Balaban J connectivity index is 4.04. The van der Waals surface area contributed by atoms with Crippen LogP contribution < -0.4 is 27.7 Å². The van der Waals surface area contributed by atoms with Gasteiger partial charge in [-0.1, -0.05) is 6.58 Å². The number of nitrogens with two attached hydrogens (primary N) is 2. The highest BCUT2D eigenvalue weighted by Crippen LogP contribution is 1.86. The van der Waals surface area contributed by atoms with Crippen LogP contribution >= 0.6 is 24.4 Å². The van der Waals surface area contributed by atoms with E-state index in [1.54, 1.807) is 6.92 Å². The minimum atomic E-state index is 0.0828. The van der Waals surface area contributed by atoms with Crippen LogP contribution in [0.1, 0.15) is 6.92 Å². The van der Waals surface area contributed by atoms with Gasteiger partial charge in [-0.3, -0.25) is 16.3 Å². The smallest absolute Gasteiger partial charge is 0.184 e.